The zero-order chi connectivity index (χ0) is 13.8. The predicted molar refractivity (Wildman–Crippen MR) is 73.7 cm³/mol. The van der Waals surface area contributed by atoms with Crippen LogP contribution in [-0.4, -0.2) is 5.97 Å². The van der Waals surface area contributed by atoms with E-state index >= 15 is 0 Å². The summed E-state index contributed by atoms with van der Waals surface area (Å²) in [6, 6.07) is 14.1. The van der Waals surface area contributed by atoms with Gasteiger partial charge in [-0.2, -0.15) is 0 Å². The maximum Gasteiger partial charge on any atom is 0.0912 e. The van der Waals surface area contributed by atoms with Gasteiger partial charge in [0.05, 0.1) is 12.0 Å². The maximum atomic E-state index is 11.3. The van der Waals surface area contributed by atoms with Crippen LogP contribution in [0.3, 0.4) is 0 Å². The van der Waals surface area contributed by atoms with Gasteiger partial charge in [0.15, 0.2) is 0 Å². The van der Waals surface area contributed by atoms with Crippen molar-refractivity contribution in [3.8, 4) is 0 Å². The Hall–Kier alpha value is -2.29. The van der Waals surface area contributed by atoms with Gasteiger partial charge in [-0.1, -0.05) is 47.5 Å². The van der Waals surface area contributed by atoms with Gasteiger partial charge in [0.1, 0.15) is 0 Å². The van der Waals surface area contributed by atoms with Gasteiger partial charge in [-0.25, -0.2) is 0 Å². The molecule has 0 fully saturated rings. The third-order valence-corrected chi connectivity index (χ3v) is 3.01. The smallest absolute Gasteiger partial charge is 0.0912 e. The highest BCUT2D eigenvalue weighted by Crippen LogP contribution is 2.20. The van der Waals surface area contributed by atoms with Crippen LogP contribution in [0.25, 0.3) is 0 Å². The first-order valence-electron chi connectivity index (χ1n) is 6.17. The number of hydrogen-bond acceptors (Lipinski definition) is 3. The molecule has 0 aliphatic rings. The number of carbonyl (C=O) groups excluding carboxylic acids is 1. The lowest BCUT2D eigenvalue weighted by molar-refractivity contribution is -0.307. The molecule has 0 aromatic heterocycles. The van der Waals surface area contributed by atoms with Crippen LogP contribution in [0.1, 0.15) is 22.7 Å². The first kappa shape index (κ1) is 13.1. The third-order valence-electron chi connectivity index (χ3n) is 3.01. The topological polar surface area (TPSA) is 52.2 Å². The van der Waals surface area contributed by atoms with Crippen molar-refractivity contribution in [3.63, 3.8) is 0 Å². The molecule has 19 heavy (non-hydrogen) atoms. The molecule has 0 heterocycles. The van der Waals surface area contributed by atoms with E-state index < -0.39 is 12.0 Å². The Morgan fingerprint density at radius 1 is 0.947 bits per heavy atom. The molecule has 2 aromatic carbocycles. The van der Waals surface area contributed by atoms with E-state index in [1.165, 1.54) is 0 Å². The van der Waals surface area contributed by atoms with Crippen LogP contribution in [0.15, 0.2) is 48.5 Å². The van der Waals surface area contributed by atoms with Crippen LogP contribution in [0, 0.1) is 13.8 Å². The predicted octanol–water partition coefficient (Wildman–Crippen LogP) is 2.21. The van der Waals surface area contributed by atoms with Gasteiger partial charge in [0, 0.05) is 5.69 Å². The van der Waals surface area contributed by atoms with Crippen molar-refractivity contribution >= 4 is 11.7 Å². The summed E-state index contributed by atoms with van der Waals surface area (Å²) in [4.78, 5) is 11.3. The number of nitrogens with one attached hydrogen (secondary N) is 1. The normalized spacial score (nSPS) is 11.9. The van der Waals surface area contributed by atoms with Crippen LogP contribution in [0.4, 0.5) is 5.69 Å². The second kappa shape index (κ2) is 5.57. The minimum atomic E-state index is -1.13. The largest absolute Gasteiger partial charge is 0.548 e. The second-order valence-corrected chi connectivity index (χ2v) is 4.67. The SMILES string of the molecule is Cc1ccc(N[C@H](C(=O)[O-])c2ccc(C)cc2)cc1. The highest BCUT2D eigenvalue weighted by Gasteiger charge is 2.12. The van der Waals surface area contributed by atoms with Gasteiger partial charge in [-0.15, -0.1) is 0 Å². The highest BCUT2D eigenvalue weighted by molar-refractivity contribution is 5.77. The zero-order valence-electron chi connectivity index (χ0n) is 11.0. The fraction of sp³-hybridized carbons (Fsp3) is 0.188. The van der Waals surface area contributed by atoms with Gasteiger partial charge in [-0.3, -0.25) is 0 Å². The van der Waals surface area contributed by atoms with E-state index in [4.69, 9.17) is 0 Å². The minimum absolute atomic E-state index is 0.686. The number of carboxylic acid groups (broad SMARTS) is 1. The molecule has 98 valence electrons. The Morgan fingerprint density at radius 3 is 1.89 bits per heavy atom. The summed E-state index contributed by atoms with van der Waals surface area (Å²) in [6.07, 6.45) is 0. The van der Waals surface area contributed by atoms with Crippen molar-refractivity contribution in [1.82, 2.24) is 0 Å². The highest BCUT2D eigenvalue weighted by atomic mass is 16.4. The summed E-state index contributed by atoms with van der Waals surface area (Å²) in [5, 5.41) is 14.3. The van der Waals surface area contributed by atoms with E-state index in [9.17, 15) is 9.90 Å². The Balaban J connectivity index is 2.23. The molecule has 0 aliphatic carbocycles. The van der Waals surface area contributed by atoms with E-state index in [1.807, 2.05) is 50.2 Å². The number of rotatable bonds is 4. The van der Waals surface area contributed by atoms with Crippen molar-refractivity contribution in [2.75, 3.05) is 5.32 Å². The standard InChI is InChI=1S/C16H17NO2/c1-11-3-7-13(8-4-11)15(16(18)19)17-14-9-5-12(2)6-10-14/h3-10,15,17H,1-2H3,(H,18,19)/p-1/t15-/m0/s1. The zero-order valence-corrected chi connectivity index (χ0v) is 11.0. The lowest BCUT2D eigenvalue weighted by atomic mass is 10.0. The average Bonchev–Trinajstić information content (AvgIpc) is 2.39. The molecule has 1 atom stereocenters. The lowest BCUT2D eigenvalue weighted by Gasteiger charge is -2.21. The summed E-state index contributed by atoms with van der Waals surface area (Å²) in [5.41, 5.74) is 3.67. The molecule has 2 rings (SSSR count). The Labute approximate surface area is 112 Å². The molecule has 0 radical (unpaired) electrons. The van der Waals surface area contributed by atoms with E-state index in [0.717, 1.165) is 16.8 Å². The molecule has 0 unspecified atom stereocenters. The fourth-order valence-corrected chi connectivity index (χ4v) is 1.85. The summed E-state index contributed by atoms with van der Waals surface area (Å²) in [5.74, 6) is -1.13. The number of benzene rings is 2. The van der Waals surface area contributed by atoms with E-state index in [0.29, 0.717) is 5.56 Å². The molecule has 0 saturated carbocycles. The van der Waals surface area contributed by atoms with Crippen LogP contribution in [0.5, 0.6) is 0 Å². The lowest BCUT2D eigenvalue weighted by Crippen LogP contribution is -2.34. The molecule has 0 bridgehead atoms. The average molecular weight is 254 g/mol. The van der Waals surface area contributed by atoms with Gasteiger partial charge in [0.25, 0.3) is 0 Å². The van der Waals surface area contributed by atoms with Crippen molar-refractivity contribution in [2.24, 2.45) is 0 Å². The first-order chi connectivity index (χ1) is 9.06. The van der Waals surface area contributed by atoms with Crippen molar-refractivity contribution in [3.05, 3.63) is 65.2 Å². The Bertz CT molecular complexity index is 558. The second-order valence-electron chi connectivity index (χ2n) is 4.67. The molecule has 2 aromatic rings. The molecular weight excluding hydrogens is 238 g/mol. The summed E-state index contributed by atoms with van der Waals surface area (Å²) in [7, 11) is 0. The van der Waals surface area contributed by atoms with Gasteiger partial charge >= 0.3 is 0 Å². The van der Waals surface area contributed by atoms with Crippen molar-refractivity contribution in [1.29, 1.82) is 0 Å². The van der Waals surface area contributed by atoms with E-state index in [-0.39, 0.29) is 0 Å². The van der Waals surface area contributed by atoms with Gasteiger partial charge < -0.3 is 15.2 Å². The molecule has 0 saturated heterocycles. The maximum absolute atomic E-state index is 11.3. The molecule has 0 aliphatic heterocycles. The van der Waals surface area contributed by atoms with E-state index in [2.05, 4.69) is 5.32 Å². The molecule has 0 amide bonds. The monoisotopic (exact) mass is 254 g/mol. The number of aryl methyl sites for hydroxylation is 2. The molecule has 1 N–H and O–H groups in total. The van der Waals surface area contributed by atoms with Gasteiger partial charge in [0.2, 0.25) is 0 Å². The number of carbonyl (C=O) groups is 1. The number of anilines is 1. The van der Waals surface area contributed by atoms with Crippen LogP contribution in [0.2, 0.25) is 0 Å². The molecule has 0 spiro atoms. The number of carboxylic acids is 1. The Morgan fingerprint density at radius 2 is 1.42 bits per heavy atom. The van der Waals surface area contributed by atoms with Gasteiger partial charge in [-0.05, 0) is 31.5 Å². The first-order valence-corrected chi connectivity index (χ1v) is 6.17. The molecular formula is C16H16NO2-. The summed E-state index contributed by atoms with van der Waals surface area (Å²) >= 11 is 0. The number of aliphatic carboxylic acids is 1. The molecule has 3 heteroatoms. The minimum Gasteiger partial charge on any atom is -0.548 e. The Kier molecular flexibility index (Phi) is 3.85. The summed E-state index contributed by atoms with van der Waals surface area (Å²) < 4.78 is 0. The van der Waals surface area contributed by atoms with Crippen molar-refractivity contribution in [2.45, 2.75) is 19.9 Å². The fourth-order valence-electron chi connectivity index (χ4n) is 1.85. The molecule has 3 nitrogen and oxygen atoms in total. The van der Waals surface area contributed by atoms with Crippen molar-refractivity contribution < 1.29 is 9.90 Å². The van der Waals surface area contributed by atoms with Crippen LogP contribution >= 0.6 is 0 Å². The van der Waals surface area contributed by atoms with E-state index in [1.54, 1.807) is 12.1 Å². The van der Waals surface area contributed by atoms with Crippen LogP contribution < -0.4 is 10.4 Å². The quantitative estimate of drug-likeness (QED) is 0.910. The third kappa shape index (κ3) is 3.35. The van der Waals surface area contributed by atoms with Crippen LogP contribution in [-0.2, 0) is 4.79 Å². The summed E-state index contributed by atoms with van der Waals surface area (Å²) in [6.45, 7) is 3.95. The number of hydrogen-bond donors (Lipinski definition) is 1.